The van der Waals surface area contributed by atoms with Gasteiger partial charge in [-0.15, -0.1) is 24.0 Å². The lowest BCUT2D eigenvalue weighted by atomic mass is 10.2. The second-order valence-corrected chi connectivity index (χ2v) is 4.65. The van der Waals surface area contributed by atoms with Gasteiger partial charge in [0.05, 0.1) is 0 Å². The van der Waals surface area contributed by atoms with Crippen molar-refractivity contribution in [2.24, 2.45) is 0 Å². The Hall–Kier alpha value is -0.0600. The summed E-state index contributed by atoms with van der Waals surface area (Å²) in [7, 11) is 0. The Morgan fingerprint density at radius 3 is 2.92 bits per heavy atom. The van der Waals surface area contributed by atoms with Gasteiger partial charge in [-0.05, 0) is 28.5 Å². The molecule has 0 N–H and O–H groups in total. The molecular formula is C9H6BrFS2. The number of halogens is 2. The van der Waals surface area contributed by atoms with Gasteiger partial charge in [0.25, 0.3) is 0 Å². The lowest BCUT2D eigenvalue weighted by Crippen LogP contribution is -1.78. The fourth-order valence-corrected chi connectivity index (χ4v) is 3.13. The summed E-state index contributed by atoms with van der Waals surface area (Å²) in [4.78, 5) is 0.412. The van der Waals surface area contributed by atoms with Crippen LogP contribution in [0, 0.1) is 5.82 Å². The number of rotatable bonds is 1. The van der Waals surface area contributed by atoms with Crippen LogP contribution in [0.15, 0.2) is 22.4 Å². The molecule has 0 aliphatic heterocycles. The maximum atomic E-state index is 13.2. The molecule has 0 nitrogen and oxygen atoms in total. The fraction of sp³-hybridized carbons (Fsp3) is 0.111. The van der Waals surface area contributed by atoms with Crippen LogP contribution < -0.4 is 0 Å². The lowest BCUT2D eigenvalue weighted by molar-refractivity contribution is 0.605. The molecule has 4 heteroatoms. The van der Waals surface area contributed by atoms with E-state index in [9.17, 15) is 4.39 Å². The summed E-state index contributed by atoms with van der Waals surface area (Å²) in [5.74, 6) is -0.253. The van der Waals surface area contributed by atoms with E-state index in [4.69, 9.17) is 0 Å². The van der Waals surface area contributed by atoms with Gasteiger partial charge in [0.2, 0.25) is 0 Å². The first-order valence-electron chi connectivity index (χ1n) is 3.67. The standard InChI is InChI=1S/C9H6BrFS2/c10-3-5-4-13-9-2-8(12)7(11)1-6(5)9/h1-2,4,12H,3H2. The Morgan fingerprint density at radius 2 is 2.23 bits per heavy atom. The van der Waals surface area contributed by atoms with Gasteiger partial charge < -0.3 is 0 Å². The third-order valence-electron chi connectivity index (χ3n) is 1.87. The van der Waals surface area contributed by atoms with Gasteiger partial charge in [-0.2, -0.15) is 0 Å². The molecule has 13 heavy (non-hydrogen) atoms. The number of fused-ring (bicyclic) bond motifs is 1. The summed E-state index contributed by atoms with van der Waals surface area (Å²) in [6, 6.07) is 3.31. The average molecular weight is 277 g/mol. The van der Waals surface area contributed by atoms with Crippen molar-refractivity contribution >= 4 is 50.0 Å². The van der Waals surface area contributed by atoms with Crippen LogP contribution in [-0.4, -0.2) is 0 Å². The summed E-state index contributed by atoms with van der Waals surface area (Å²) in [5, 5.41) is 3.78. The molecule has 0 radical (unpaired) electrons. The quantitative estimate of drug-likeness (QED) is 0.585. The van der Waals surface area contributed by atoms with E-state index in [-0.39, 0.29) is 5.82 Å². The van der Waals surface area contributed by atoms with Crippen LogP contribution in [0.3, 0.4) is 0 Å². The Kier molecular flexibility index (Phi) is 2.62. The predicted octanol–water partition coefficient (Wildman–Crippen LogP) is 4.22. The van der Waals surface area contributed by atoms with Crippen molar-refractivity contribution in [3.8, 4) is 0 Å². The molecule has 1 aromatic carbocycles. The molecule has 2 rings (SSSR count). The zero-order valence-corrected chi connectivity index (χ0v) is 9.85. The smallest absolute Gasteiger partial charge is 0.137 e. The van der Waals surface area contributed by atoms with E-state index in [0.29, 0.717) is 4.90 Å². The van der Waals surface area contributed by atoms with Crippen LogP contribution >= 0.6 is 39.9 Å². The maximum absolute atomic E-state index is 13.2. The van der Waals surface area contributed by atoms with E-state index >= 15 is 0 Å². The molecule has 0 saturated carbocycles. The topological polar surface area (TPSA) is 0 Å². The molecule has 0 unspecified atom stereocenters. The first-order valence-corrected chi connectivity index (χ1v) is 6.11. The van der Waals surface area contributed by atoms with Crippen LogP contribution in [0.1, 0.15) is 5.56 Å². The van der Waals surface area contributed by atoms with E-state index in [0.717, 1.165) is 21.0 Å². The molecule has 0 atom stereocenters. The minimum absolute atomic E-state index is 0.253. The van der Waals surface area contributed by atoms with Gasteiger partial charge >= 0.3 is 0 Å². The highest BCUT2D eigenvalue weighted by Gasteiger charge is 2.06. The summed E-state index contributed by atoms with van der Waals surface area (Å²) in [5.41, 5.74) is 1.13. The second kappa shape index (κ2) is 3.59. The molecule has 2 aromatic rings. The second-order valence-electron chi connectivity index (χ2n) is 2.69. The van der Waals surface area contributed by atoms with Gasteiger partial charge in [0.15, 0.2) is 0 Å². The molecule has 0 spiro atoms. The Balaban J connectivity index is 2.77. The third kappa shape index (κ3) is 1.63. The highest BCUT2D eigenvalue weighted by molar-refractivity contribution is 9.08. The summed E-state index contributed by atoms with van der Waals surface area (Å²) < 4.78 is 14.2. The Labute approximate surface area is 93.3 Å². The molecule has 0 aliphatic carbocycles. The number of alkyl halides is 1. The van der Waals surface area contributed by atoms with E-state index < -0.39 is 0 Å². The van der Waals surface area contributed by atoms with E-state index in [1.54, 1.807) is 23.5 Å². The first kappa shape index (κ1) is 9.49. The van der Waals surface area contributed by atoms with Crippen LogP contribution in [-0.2, 0) is 5.33 Å². The lowest BCUT2D eigenvalue weighted by Gasteiger charge is -1.96. The van der Waals surface area contributed by atoms with Crippen molar-refractivity contribution in [2.75, 3.05) is 0 Å². The molecule has 0 saturated heterocycles. The highest BCUT2D eigenvalue weighted by atomic mass is 79.9. The van der Waals surface area contributed by atoms with E-state index in [1.165, 1.54) is 0 Å². The van der Waals surface area contributed by atoms with E-state index in [1.807, 2.05) is 5.38 Å². The summed E-state index contributed by atoms with van der Waals surface area (Å²) >= 11 is 9.01. The zero-order valence-electron chi connectivity index (χ0n) is 6.55. The number of thiol groups is 1. The summed E-state index contributed by atoms with van der Waals surface area (Å²) in [6.07, 6.45) is 0. The molecule has 0 aliphatic rings. The SMILES string of the molecule is Fc1cc2c(CBr)csc2cc1S. The Morgan fingerprint density at radius 1 is 1.46 bits per heavy atom. The molecule has 1 heterocycles. The van der Waals surface area contributed by atoms with Gasteiger partial charge in [0, 0.05) is 14.9 Å². The molecule has 0 bridgehead atoms. The highest BCUT2D eigenvalue weighted by Crippen LogP contribution is 2.30. The van der Waals surface area contributed by atoms with Crippen molar-refractivity contribution in [2.45, 2.75) is 10.2 Å². The van der Waals surface area contributed by atoms with Crippen LogP contribution in [0.2, 0.25) is 0 Å². The fourth-order valence-electron chi connectivity index (χ4n) is 1.19. The minimum Gasteiger partial charge on any atom is -0.206 e. The monoisotopic (exact) mass is 276 g/mol. The van der Waals surface area contributed by atoms with Crippen molar-refractivity contribution in [1.29, 1.82) is 0 Å². The first-order chi connectivity index (χ1) is 6.22. The predicted molar refractivity (Wildman–Crippen MR) is 61.7 cm³/mol. The number of hydrogen-bond donors (Lipinski definition) is 1. The van der Waals surface area contributed by atoms with Crippen LogP contribution in [0.25, 0.3) is 10.1 Å². The number of thiophene rings is 1. The van der Waals surface area contributed by atoms with Gasteiger partial charge in [-0.25, -0.2) is 4.39 Å². The van der Waals surface area contributed by atoms with Crippen molar-refractivity contribution in [3.05, 3.63) is 28.9 Å². The molecule has 68 valence electrons. The largest absolute Gasteiger partial charge is 0.206 e. The van der Waals surface area contributed by atoms with Gasteiger partial charge in [0.1, 0.15) is 5.82 Å². The zero-order chi connectivity index (χ0) is 9.42. The average Bonchev–Trinajstić information content (AvgIpc) is 2.48. The van der Waals surface area contributed by atoms with Gasteiger partial charge in [-0.1, -0.05) is 15.9 Å². The number of hydrogen-bond acceptors (Lipinski definition) is 2. The number of benzene rings is 1. The normalized spacial score (nSPS) is 11.0. The molecular weight excluding hydrogens is 271 g/mol. The maximum Gasteiger partial charge on any atom is 0.137 e. The van der Waals surface area contributed by atoms with Crippen molar-refractivity contribution in [1.82, 2.24) is 0 Å². The van der Waals surface area contributed by atoms with Crippen molar-refractivity contribution < 1.29 is 4.39 Å². The van der Waals surface area contributed by atoms with Gasteiger partial charge in [-0.3, -0.25) is 0 Å². The Bertz CT molecular complexity index is 450. The molecule has 0 amide bonds. The molecule has 0 fully saturated rings. The van der Waals surface area contributed by atoms with Crippen LogP contribution in [0.4, 0.5) is 4.39 Å². The van der Waals surface area contributed by atoms with Crippen molar-refractivity contribution in [3.63, 3.8) is 0 Å². The van der Waals surface area contributed by atoms with E-state index in [2.05, 4.69) is 28.6 Å². The van der Waals surface area contributed by atoms with Crippen LogP contribution in [0.5, 0.6) is 0 Å². The molecule has 1 aromatic heterocycles. The summed E-state index contributed by atoms with van der Waals surface area (Å²) in [6.45, 7) is 0. The third-order valence-corrected chi connectivity index (χ3v) is 3.81. The minimum atomic E-state index is -0.253.